The lowest BCUT2D eigenvalue weighted by Crippen LogP contribution is -2.11. The molecular weight excluding hydrogens is 240 g/mol. The third-order valence-electron chi connectivity index (χ3n) is 3.09. The molecule has 0 aliphatic heterocycles. The first kappa shape index (κ1) is 11.7. The summed E-state index contributed by atoms with van der Waals surface area (Å²) in [7, 11) is 1.86. The molecule has 0 saturated carbocycles. The van der Waals surface area contributed by atoms with E-state index >= 15 is 0 Å². The van der Waals surface area contributed by atoms with E-state index in [9.17, 15) is 5.11 Å². The van der Waals surface area contributed by atoms with Crippen molar-refractivity contribution in [2.75, 3.05) is 0 Å². The predicted molar refractivity (Wildman–Crippen MR) is 70.8 cm³/mol. The summed E-state index contributed by atoms with van der Waals surface area (Å²) in [4.78, 5) is 4.03. The number of para-hydroxylation sites is 1. The van der Waals surface area contributed by atoms with Gasteiger partial charge in [0, 0.05) is 13.2 Å². The summed E-state index contributed by atoms with van der Waals surface area (Å²) in [5.74, 6) is 0. The molecule has 0 saturated heterocycles. The number of nitrogens with zero attached hydrogens (tertiary/aromatic N) is 4. The van der Waals surface area contributed by atoms with E-state index in [2.05, 4.69) is 10.1 Å². The zero-order valence-electron chi connectivity index (χ0n) is 10.5. The summed E-state index contributed by atoms with van der Waals surface area (Å²) in [6.45, 7) is 0. The van der Waals surface area contributed by atoms with Gasteiger partial charge in [-0.3, -0.25) is 0 Å². The molecule has 0 fully saturated rings. The quantitative estimate of drug-likeness (QED) is 0.773. The molecule has 5 nitrogen and oxygen atoms in total. The van der Waals surface area contributed by atoms with E-state index in [1.165, 1.54) is 0 Å². The highest BCUT2D eigenvalue weighted by molar-refractivity contribution is 5.34. The summed E-state index contributed by atoms with van der Waals surface area (Å²) in [6, 6.07) is 11.5. The van der Waals surface area contributed by atoms with Gasteiger partial charge in [-0.1, -0.05) is 18.2 Å². The molecule has 1 aromatic carbocycles. The molecular formula is C14H14N4O. The average Bonchev–Trinajstić information content (AvgIpc) is 3.07. The predicted octanol–water partition coefficient (Wildman–Crippen LogP) is 1.69. The fraction of sp³-hybridized carbons (Fsp3) is 0.143. The van der Waals surface area contributed by atoms with Gasteiger partial charge in [0.2, 0.25) is 0 Å². The molecule has 0 bridgehead atoms. The number of aliphatic hydroxyl groups excluding tert-OH is 1. The van der Waals surface area contributed by atoms with Gasteiger partial charge in [0.15, 0.2) is 0 Å². The van der Waals surface area contributed by atoms with Crippen LogP contribution in [0.5, 0.6) is 0 Å². The summed E-state index contributed by atoms with van der Waals surface area (Å²) >= 11 is 0. The Morgan fingerprint density at radius 3 is 2.58 bits per heavy atom. The molecule has 0 spiro atoms. The van der Waals surface area contributed by atoms with Crippen LogP contribution < -0.4 is 0 Å². The molecule has 2 heterocycles. The fourth-order valence-electron chi connectivity index (χ4n) is 2.09. The molecule has 0 radical (unpaired) electrons. The minimum atomic E-state index is -0.754. The van der Waals surface area contributed by atoms with Gasteiger partial charge in [-0.15, -0.1) is 0 Å². The molecule has 0 aliphatic carbocycles. The lowest BCUT2D eigenvalue weighted by atomic mass is 10.2. The maximum atomic E-state index is 10.5. The zero-order chi connectivity index (χ0) is 13.2. The van der Waals surface area contributed by atoms with Gasteiger partial charge in [0.1, 0.15) is 6.10 Å². The van der Waals surface area contributed by atoms with Crippen molar-refractivity contribution < 1.29 is 5.11 Å². The number of aryl methyl sites for hydroxylation is 1. The topological polar surface area (TPSA) is 55.9 Å². The number of benzene rings is 1. The number of rotatable bonds is 3. The Balaban J connectivity index is 2.04. The van der Waals surface area contributed by atoms with E-state index in [4.69, 9.17) is 0 Å². The second kappa shape index (κ2) is 4.70. The highest BCUT2D eigenvalue weighted by Gasteiger charge is 2.18. The van der Waals surface area contributed by atoms with Gasteiger partial charge >= 0.3 is 0 Å². The second-order valence-corrected chi connectivity index (χ2v) is 4.34. The van der Waals surface area contributed by atoms with Crippen LogP contribution in [0.25, 0.3) is 5.69 Å². The number of aliphatic hydroxyl groups is 1. The fourth-order valence-corrected chi connectivity index (χ4v) is 2.09. The van der Waals surface area contributed by atoms with Crippen molar-refractivity contribution in [3.8, 4) is 5.69 Å². The molecule has 0 aliphatic rings. The Hall–Kier alpha value is -2.40. The zero-order valence-corrected chi connectivity index (χ0v) is 10.5. The van der Waals surface area contributed by atoms with Crippen molar-refractivity contribution in [2.45, 2.75) is 6.10 Å². The molecule has 1 N–H and O–H groups in total. The maximum Gasteiger partial charge on any atom is 0.137 e. The van der Waals surface area contributed by atoms with Gasteiger partial charge in [0.05, 0.1) is 29.6 Å². The van der Waals surface area contributed by atoms with Gasteiger partial charge in [-0.05, 0) is 18.2 Å². The minimum Gasteiger partial charge on any atom is -0.380 e. The lowest BCUT2D eigenvalue weighted by Gasteiger charge is -2.13. The third-order valence-corrected chi connectivity index (χ3v) is 3.09. The first-order valence-corrected chi connectivity index (χ1v) is 6.01. The van der Waals surface area contributed by atoms with Crippen molar-refractivity contribution in [2.24, 2.45) is 7.05 Å². The smallest absolute Gasteiger partial charge is 0.137 e. The summed E-state index contributed by atoms with van der Waals surface area (Å²) in [5.41, 5.74) is 2.37. The van der Waals surface area contributed by atoms with Crippen LogP contribution in [0.15, 0.2) is 55.1 Å². The van der Waals surface area contributed by atoms with Gasteiger partial charge < -0.3 is 9.67 Å². The SMILES string of the molecule is Cn1cncc1C(O)c1ccnn1-c1ccccc1. The van der Waals surface area contributed by atoms with Crippen molar-refractivity contribution >= 4 is 0 Å². The van der Waals surface area contributed by atoms with E-state index < -0.39 is 6.10 Å². The van der Waals surface area contributed by atoms with E-state index in [0.717, 1.165) is 17.1 Å². The van der Waals surface area contributed by atoms with E-state index in [-0.39, 0.29) is 0 Å². The Morgan fingerprint density at radius 2 is 1.89 bits per heavy atom. The number of aromatic nitrogens is 4. The molecule has 0 amide bonds. The van der Waals surface area contributed by atoms with Crippen LogP contribution in [-0.2, 0) is 7.05 Å². The monoisotopic (exact) mass is 254 g/mol. The van der Waals surface area contributed by atoms with E-state index in [0.29, 0.717) is 0 Å². The Bertz CT molecular complexity index is 672. The van der Waals surface area contributed by atoms with Gasteiger partial charge in [-0.2, -0.15) is 5.10 Å². The average molecular weight is 254 g/mol. The molecule has 2 aromatic heterocycles. The second-order valence-electron chi connectivity index (χ2n) is 4.34. The summed E-state index contributed by atoms with van der Waals surface area (Å²) in [6.07, 6.45) is 4.26. The molecule has 96 valence electrons. The number of hydrogen-bond acceptors (Lipinski definition) is 3. The largest absolute Gasteiger partial charge is 0.380 e. The molecule has 1 atom stereocenters. The van der Waals surface area contributed by atoms with Gasteiger partial charge in [-0.25, -0.2) is 9.67 Å². The maximum absolute atomic E-state index is 10.5. The molecule has 3 rings (SSSR count). The van der Waals surface area contributed by atoms with Crippen LogP contribution >= 0.6 is 0 Å². The molecule has 19 heavy (non-hydrogen) atoms. The van der Waals surface area contributed by atoms with Crippen LogP contribution in [0.2, 0.25) is 0 Å². The number of hydrogen-bond donors (Lipinski definition) is 1. The molecule has 1 unspecified atom stereocenters. The standard InChI is InChI=1S/C14H14N4O/c1-17-10-15-9-13(17)14(19)12-7-8-16-18(12)11-5-3-2-4-6-11/h2-10,14,19H,1H3. The minimum absolute atomic E-state index is 0.717. The van der Waals surface area contributed by atoms with Crippen LogP contribution in [0, 0.1) is 0 Å². The normalized spacial score (nSPS) is 12.5. The van der Waals surface area contributed by atoms with Crippen molar-refractivity contribution in [1.82, 2.24) is 19.3 Å². The molecule has 5 heteroatoms. The van der Waals surface area contributed by atoms with Crippen molar-refractivity contribution in [3.05, 3.63) is 66.5 Å². The Labute approximate surface area is 110 Å². The highest BCUT2D eigenvalue weighted by Crippen LogP contribution is 2.23. The van der Waals surface area contributed by atoms with E-state index in [1.807, 2.05) is 43.4 Å². The first-order chi connectivity index (χ1) is 9.27. The molecule has 3 aromatic rings. The van der Waals surface area contributed by atoms with Gasteiger partial charge in [0.25, 0.3) is 0 Å². The van der Waals surface area contributed by atoms with Crippen molar-refractivity contribution in [3.63, 3.8) is 0 Å². The van der Waals surface area contributed by atoms with Crippen LogP contribution in [0.3, 0.4) is 0 Å². The Morgan fingerprint density at radius 1 is 1.11 bits per heavy atom. The van der Waals surface area contributed by atoms with Crippen LogP contribution in [-0.4, -0.2) is 24.4 Å². The number of imidazole rings is 1. The summed E-state index contributed by atoms with van der Waals surface area (Å²) in [5, 5.41) is 14.7. The third kappa shape index (κ3) is 2.04. The Kier molecular flexibility index (Phi) is 2.89. The van der Waals surface area contributed by atoms with Crippen LogP contribution in [0.1, 0.15) is 17.5 Å². The van der Waals surface area contributed by atoms with Crippen LogP contribution in [0.4, 0.5) is 0 Å². The van der Waals surface area contributed by atoms with E-state index in [1.54, 1.807) is 28.0 Å². The lowest BCUT2D eigenvalue weighted by molar-refractivity contribution is 0.203. The summed E-state index contributed by atoms with van der Waals surface area (Å²) < 4.78 is 3.53. The first-order valence-electron chi connectivity index (χ1n) is 6.01. The van der Waals surface area contributed by atoms with Crippen molar-refractivity contribution in [1.29, 1.82) is 0 Å². The highest BCUT2D eigenvalue weighted by atomic mass is 16.3.